The maximum atomic E-state index is 11.1. The fourth-order valence-electron chi connectivity index (χ4n) is 2.57. The van der Waals surface area contributed by atoms with Gasteiger partial charge in [0.25, 0.3) is 0 Å². The Morgan fingerprint density at radius 3 is 2.70 bits per heavy atom. The molecule has 0 aromatic heterocycles. The van der Waals surface area contributed by atoms with E-state index in [0.29, 0.717) is 13.0 Å². The molecule has 0 bridgehead atoms. The number of hydrogen-bond donors (Lipinski definition) is 3. The molecule has 3 N–H and O–H groups in total. The van der Waals surface area contributed by atoms with Crippen molar-refractivity contribution in [2.24, 2.45) is 5.92 Å². The first-order valence-electron chi connectivity index (χ1n) is 6.87. The molecule has 5 heteroatoms. The highest BCUT2D eigenvalue weighted by Crippen LogP contribution is 2.24. The highest BCUT2D eigenvalue weighted by Gasteiger charge is 2.37. The highest BCUT2D eigenvalue weighted by atomic mass is 16.5. The molecule has 0 amide bonds. The van der Waals surface area contributed by atoms with E-state index in [9.17, 15) is 9.90 Å². The molecule has 0 saturated carbocycles. The minimum Gasteiger partial charge on any atom is -0.480 e. The van der Waals surface area contributed by atoms with Crippen LogP contribution in [0, 0.1) is 5.92 Å². The van der Waals surface area contributed by atoms with E-state index in [1.165, 1.54) is 0 Å². The summed E-state index contributed by atoms with van der Waals surface area (Å²) in [7, 11) is 0. The van der Waals surface area contributed by atoms with Gasteiger partial charge in [-0.25, -0.2) is 0 Å². The van der Waals surface area contributed by atoms with Crippen LogP contribution in [0.15, 0.2) is 30.3 Å². The molecule has 0 radical (unpaired) electrons. The molecule has 5 nitrogen and oxygen atoms in total. The predicted molar refractivity (Wildman–Crippen MR) is 74.2 cm³/mol. The van der Waals surface area contributed by atoms with Gasteiger partial charge in [-0.05, 0) is 17.9 Å². The molecule has 1 aromatic rings. The Morgan fingerprint density at radius 2 is 2.10 bits per heavy atom. The normalized spacial score (nSPS) is 30.1. The summed E-state index contributed by atoms with van der Waals surface area (Å²) >= 11 is 0. The Balaban J connectivity index is 1.99. The number of carbonyl (C=O) groups is 1. The summed E-state index contributed by atoms with van der Waals surface area (Å²) in [6.07, 6.45) is 0.245. The number of ether oxygens (including phenoxy) is 1. The summed E-state index contributed by atoms with van der Waals surface area (Å²) in [5.41, 5.74) is 1.06. The van der Waals surface area contributed by atoms with Crippen molar-refractivity contribution >= 4 is 5.97 Å². The highest BCUT2D eigenvalue weighted by molar-refractivity contribution is 5.73. The molecule has 0 aliphatic carbocycles. The topological polar surface area (TPSA) is 78.8 Å². The van der Waals surface area contributed by atoms with Crippen molar-refractivity contribution in [2.45, 2.75) is 38.1 Å². The van der Waals surface area contributed by atoms with Crippen LogP contribution in [0.25, 0.3) is 0 Å². The van der Waals surface area contributed by atoms with E-state index < -0.39 is 12.0 Å². The zero-order valence-electron chi connectivity index (χ0n) is 11.5. The smallest absolute Gasteiger partial charge is 0.320 e. The lowest BCUT2D eigenvalue weighted by Crippen LogP contribution is -2.57. The molecule has 1 aromatic carbocycles. The quantitative estimate of drug-likeness (QED) is 0.750. The van der Waals surface area contributed by atoms with E-state index in [1.54, 1.807) is 0 Å². The van der Waals surface area contributed by atoms with E-state index in [1.807, 2.05) is 37.3 Å². The van der Waals surface area contributed by atoms with Crippen molar-refractivity contribution in [3.8, 4) is 0 Å². The summed E-state index contributed by atoms with van der Waals surface area (Å²) in [6, 6.07) is 8.88. The zero-order valence-corrected chi connectivity index (χ0v) is 11.5. The van der Waals surface area contributed by atoms with Crippen molar-refractivity contribution < 1.29 is 19.7 Å². The van der Waals surface area contributed by atoms with E-state index in [0.717, 1.165) is 5.56 Å². The standard InChI is InChI=1S/C15H21NO4/c1-10-13(8-17)16-12(15(18)19)7-14(10)20-9-11-5-3-2-4-6-11/h2-6,10,12-14,16-17H,7-9H2,1H3,(H,18,19)/t10-,12-,13-,14+/m0/s1. The number of hydrogen-bond acceptors (Lipinski definition) is 4. The summed E-state index contributed by atoms with van der Waals surface area (Å²) < 4.78 is 5.88. The van der Waals surface area contributed by atoms with Gasteiger partial charge in [0.1, 0.15) is 6.04 Å². The van der Waals surface area contributed by atoms with Crippen LogP contribution in [-0.2, 0) is 16.1 Å². The maximum Gasteiger partial charge on any atom is 0.320 e. The minimum atomic E-state index is -0.899. The van der Waals surface area contributed by atoms with E-state index >= 15 is 0 Å². The zero-order chi connectivity index (χ0) is 14.5. The Labute approximate surface area is 118 Å². The molecule has 20 heavy (non-hydrogen) atoms. The first kappa shape index (κ1) is 15.0. The number of nitrogens with one attached hydrogen (secondary N) is 1. The number of rotatable bonds is 5. The Morgan fingerprint density at radius 1 is 1.40 bits per heavy atom. The number of benzene rings is 1. The lowest BCUT2D eigenvalue weighted by molar-refractivity contribution is -0.144. The van der Waals surface area contributed by atoms with E-state index in [-0.39, 0.29) is 24.7 Å². The Bertz CT molecular complexity index is 437. The van der Waals surface area contributed by atoms with Crippen molar-refractivity contribution in [2.75, 3.05) is 6.61 Å². The van der Waals surface area contributed by atoms with E-state index in [2.05, 4.69) is 5.32 Å². The third kappa shape index (κ3) is 3.56. The molecule has 1 heterocycles. The fraction of sp³-hybridized carbons (Fsp3) is 0.533. The van der Waals surface area contributed by atoms with Crippen LogP contribution in [0.3, 0.4) is 0 Å². The first-order chi connectivity index (χ1) is 9.61. The van der Waals surface area contributed by atoms with Crippen LogP contribution in [0.1, 0.15) is 18.9 Å². The van der Waals surface area contributed by atoms with Crippen LogP contribution in [0.5, 0.6) is 0 Å². The number of aliphatic hydroxyl groups excluding tert-OH is 1. The minimum absolute atomic E-state index is 0.0688. The number of carboxylic acids is 1. The van der Waals surface area contributed by atoms with Crippen molar-refractivity contribution in [1.29, 1.82) is 0 Å². The molecule has 110 valence electrons. The van der Waals surface area contributed by atoms with Gasteiger partial charge in [0, 0.05) is 6.04 Å². The predicted octanol–water partition coefficient (Wildman–Crippen LogP) is 1.02. The summed E-state index contributed by atoms with van der Waals surface area (Å²) in [5, 5.41) is 21.4. The van der Waals surface area contributed by atoms with Gasteiger partial charge in [0.2, 0.25) is 0 Å². The van der Waals surface area contributed by atoms with Gasteiger partial charge in [-0.3, -0.25) is 10.1 Å². The molecule has 1 saturated heterocycles. The summed E-state index contributed by atoms with van der Waals surface area (Å²) in [5.74, 6) is -0.831. The van der Waals surface area contributed by atoms with Crippen molar-refractivity contribution in [3.05, 3.63) is 35.9 Å². The second-order valence-electron chi connectivity index (χ2n) is 5.28. The van der Waals surface area contributed by atoms with Crippen LogP contribution in [0.2, 0.25) is 0 Å². The summed E-state index contributed by atoms with van der Waals surface area (Å²) in [4.78, 5) is 11.1. The van der Waals surface area contributed by atoms with Crippen molar-refractivity contribution in [1.82, 2.24) is 5.32 Å². The molecule has 1 fully saturated rings. The second kappa shape index (κ2) is 6.83. The average molecular weight is 279 g/mol. The van der Waals surface area contributed by atoms with Gasteiger partial charge in [0.15, 0.2) is 0 Å². The lowest BCUT2D eigenvalue weighted by Gasteiger charge is -2.39. The van der Waals surface area contributed by atoms with Gasteiger partial charge in [-0.2, -0.15) is 0 Å². The molecular formula is C15H21NO4. The first-order valence-corrected chi connectivity index (χ1v) is 6.87. The summed E-state index contributed by atoms with van der Waals surface area (Å²) in [6.45, 7) is 2.35. The van der Waals surface area contributed by atoms with Gasteiger partial charge in [-0.15, -0.1) is 0 Å². The number of aliphatic hydroxyl groups is 1. The number of aliphatic carboxylic acids is 1. The molecule has 4 atom stereocenters. The van der Waals surface area contributed by atoms with Crippen LogP contribution >= 0.6 is 0 Å². The van der Waals surface area contributed by atoms with Crippen LogP contribution in [-0.4, -0.2) is 41.0 Å². The molecule has 0 spiro atoms. The largest absolute Gasteiger partial charge is 0.480 e. The maximum absolute atomic E-state index is 11.1. The molecule has 1 aliphatic rings. The molecule has 0 unspecified atom stereocenters. The van der Waals surface area contributed by atoms with E-state index in [4.69, 9.17) is 9.84 Å². The number of piperidine rings is 1. The fourth-order valence-corrected chi connectivity index (χ4v) is 2.57. The van der Waals surface area contributed by atoms with Crippen molar-refractivity contribution in [3.63, 3.8) is 0 Å². The second-order valence-corrected chi connectivity index (χ2v) is 5.28. The van der Waals surface area contributed by atoms with Crippen LogP contribution < -0.4 is 5.32 Å². The van der Waals surface area contributed by atoms with Gasteiger partial charge in [0.05, 0.1) is 19.3 Å². The third-order valence-corrected chi connectivity index (χ3v) is 3.91. The third-order valence-electron chi connectivity index (χ3n) is 3.91. The van der Waals surface area contributed by atoms with Gasteiger partial charge < -0.3 is 14.9 Å². The Kier molecular flexibility index (Phi) is 5.11. The molecule has 1 aliphatic heterocycles. The number of carboxylic acid groups (broad SMARTS) is 1. The van der Waals surface area contributed by atoms with Gasteiger partial charge >= 0.3 is 5.97 Å². The lowest BCUT2D eigenvalue weighted by atomic mass is 9.86. The molecule has 2 rings (SSSR count). The van der Waals surface area contributed by atoms with Gasteiger partial charge in [-0.1, -0.05) is 37.3 Å². The average Bonchev–Trinajstić information content (AvgIpc) is 2.47. The Hall–Kier alpha value is -1.43. The van der Waals surface area contributed by atoms with Crippen LogP contribution in [0.4, 0.5) is 0 Å². The molecular weight excluding hydrogens is 258 g/mol. The SMILES string of the molecule is C[C@H]1[C@H](CO)N[C@H](C(=O)O)C[C@H]1OCc1ccccc1. The monoisotopic (exact) mass is 279 g/mol.